The molecular formula is C20H22N2O4S. The number of thioether (sulfide) groups is 1. The summed E-state index contributed by atoms with van der Waals surface area (Å²) in [6.07, 6.45) is 0.0821. The van der Waals surface area contributed by atoms with Crippen molar-refractivity contribution < 1.29 is 19.5 Å². The number of hydrogen-bond acceptors (Lipinski definition) is 4. The fourth-order valence-electron chi connectivity index (χ4n) is 2.30. The molecule has 27 heavy (non-hydrogen) atoms. The van der Waals surface area contributed by atoms with Gasteiger partial charge in [-0.05, 0) is 41.1 Å². The normalized spacial score (nSPS) is 10.3. The molecular weight excluding hydrogens is 364 g/mol. The highest BCUT2D eigenvalue weighted by atomic mass is 32.2. The van der Waals surface area contributed by atoms with E-state index in [-0.39, 0.29) is 18.2 Å². The zero-order chi connectivity index (χ0) is 19.6. The van der Waals surface area contributed by atoms with Crippen LogP contribution in [0, 0.1) is 0 Å². The number of carboxylic acids is 1. The highest BCUT2D eigenvalue weighted by molar-refractivity contribution is 7.98. The lowest BCUT2D eigenvalue weighted by Crippen LogP contribution is -2.30. The molecule has 2 aromatic carbocycles. The number of rotatable bonds is 9. The van der Waals surface area contributed by atoms with Gasteiger partial charge in [0.25, 0.3) is 5.91 Å². The molecule has 0 aliphatic heterocycles. The highest BCUT2D eigenvalue weighted by Gasteiger charge is 2.08. The van der Waals surface area contributed by atoms with Crippen molar-refractivity contribution in [3.63, 3.8) is 0 Å². The molecule has 0 bridgehead atoms. The van der Waals surface area contributed by atoms with Gasteiger partial charge in [0.1, 0.15) is 6.54 Å². The van der Waals surface area contributed by atoms with Crippen LogP contribution in [-0.2, 0) is 21.8 Å². The summed E-state index contributed by atoms with van der Waals surface area (Å²) in [5.74, 6) is 0.338. The zero-order valence-corrected chi connectivity index (χ0v) is 15.8. The second-order valence-corrected chi connectivity index (χ2v) is 7.11. The van der Waals surface area contributed by atoms with Crippen molar-refractivity contribution in [1.29, 1.82) is 0 Å². The third kappa shape index (κ3) is 7.15. The van der Waals surface area contributed by atoms with Gasteiger partial charge in [-0.1, -0.05) is 31.2 Å². The molecule has 0 aliphatic carbocycles. The molecule has 0 radical (unpaired) electrons. The Labute approximate surface area is 162 Å². The van der Waals surface area contributed by atoms with E-state index in [0.717, 1.165) is 17.1 Å². The SMILES string of the molecule is CCSCc1ccc(C(=O)Nc2ccc(CC(=O)NCC(=O)O)cc2)cc1. The van der Waals surface area contributed by atoms with Crippen LogP contribution < -0.4 is 10.6 Å². The third-order valence-corrected chi connectivity index (χ3v) is 4.65. The van der Waals surface area contributed by atoms with E-state index in [2.05, 4.69) is 17.6 Å². The molecule has 142 valence electrons. The molecule has 6 nitrogen and oxygen atoms in total. The summed E-state index contributed by atoms with van der Waals surface area (Å²) in [5.41, 5.74) is 3.12. The number of carboxylic acid groups (broad SMARTS) is 1. The van der Waals surface area contributed by atoms with Crippen LogP contribution in [0.3, 0.4) is 0 Å². The van der Waals surface area contributed by atoms with E-state index in [1.165, 1.54) is 5.56 Å². The number of carbonyl (C=O) groups excluding carboxylic acids is 2. The Kier molecular flexibility index (Phi) is 7.88. The van der Waals surface area contributed by atoms with Crippen molar-refractivity contribution in [3.05, 3.63) is 65.2 Å². The van der Waals surface area contributed by atoms with E-state index in [4.69, 9.17) is 5.11 Å². The fraction of sp³-hybridized carbons (Fsp3) is 0.250. The third-order valence-electron chi connectivity index (χ3n) is 3.70. The van der Waals surface area contributed by atoms with Crippen molar-refractivity contribution in [2.45, 2.75) is 19.1 Å². The lowest BCUT2D eigenvalue weighted by Gasteiger charge is -2.08. The Balaban J connectivity index is 1.88. The molecule has 3 N–H and O–H groups in total. The van der Waals surface area contributed by atoms with Crippen molar-refractivity contribution >= 4 is 35.2 Å². The first-order valence-electron chi connectivity index (χ1n) is 8.53. The lowest BCUT2D eigenvalue weighted by atomic mass is 10.1. The van der Waals surface area contributed by atoms with Crippen LogP contribution in [0.1, 0.15) is 28.4 Å². The van der Waals surface area contributed by atoms with Crippen LogP contribution in [0.4, 0.5) is 5.69 Å². The molecule has 0 heterocycles. The van der Waals surface area contributed by atoms with E-state index in [1.54, 1.807) is 24.3 Å². The molecule has 0 aliphatic rings. The number of amides is 2. The van der Waals surface area contributed by atoms with Crippen molar-refractivity contribution in [2.75, 3.05) is 17.6 Å². The van der Waals surface area contributed by atoms with Gasteiger partial charge in [0.05, 0.1) is 6.42 Å². The van der Waals surface area contributed by atoms with E-state index in [1.807, 2.05) is 36.0 Å². The van der Waals surface area contributed by atoms with Crippen LogP contribution in [-0.4, -0.2) is 35.2 Å². The molecule has 7 heteroatoms. The number of anilines is 1. The van der Waals surface area contributed by atoms with Gasteiger partial charge in [-0.2, -0.15) is 11.8 Å². The zero-order valence-electron chi connectivity index (χ0n) is 15.0. The molecule has 2 amide bonds. The fourth-order valence-corrected chi connectivity index (χ4v) is 2.94. The summed E-state index contributed by atoms with van der Waals surface area (Å²) in [6, 6.07) is 14.4. The largest absolute Gasteiger partial charge is 0.480 e. The molecule has 0 saturated heterocycles. The van der Waals surface area contributed by atoms with E-state index in [0.29, 0.717) is 11.3 Å². The molecule has 0 unspecified atom stereocenters. The first kappa shape index (κ1) is 20.5. The first-order valence-corrected chi connectivity index (χ1v) is 9.69. The molecule has 0 saturated carbocycles. The molecule has 0 atom stereocenters. The van der Waals surface area contributed by atoms with Gasteiger partial charge in [-0.25, -0.2) is 0 Å². The summed E-state index contributed by atoms with van der Waals surface area (Å²) in [7, 11) is 0. The number of carbonyl (C=O) groups is 3. The van der Waals surface area contributed by atoms with Crippen LogP contribution >= 0.6 is 11.8 Å². The lowest BCUT2D eigenvalue weighted by molar-refractivity contribution is -0.137. The summed E-state index contributed by atoms with van der Waals surface area (Å²) in [6.45, 7) is 1.71. The predicted octanol–water partition coefficient (Wildman–Crippen LogP) is 2.94. The monoisotopic (exact) mass is 386 g/mol. The van der Waals surface area contributed by atoms with Gasteiger partial charge in [0.15, 0.2) is 0 Å². The van der Waals surface area contributed by atoms with Crippen LogP contribution in [0.25, 0.3) is 0 Å². The Morgan fingerprint density at radius 2 is 1.59 bits per heavy atom. The standard InChI is InChI=1S/C20H22N2O4S/c1-2-27-13-15-3-7-16(8-4-15)20(26)22-17-9-5-14(6-10-17)11-18(23)21-12-19(24)25/h3-10H,2,11-13H2,1H3,(H,21,23)(H,22,26)(H,24,25). The smallest absolute Gasteiger partial charge is 0.322 e. The molecule has 0 spiro atoms. The Morgan fingerprint density at radius 3 is 2.19 bits per heavy atom. The molecule has 2 aromatic rings. The average molecular weight is 386 g/mol. The number of benzene rings is 2. The quantitative estimate of drug-likeness (QED) is 0.616. The topological polar surface area (TPSA) is 95.5 Å². The van der Waals surface area contributed by atoms with Crippen molar-refractivity contribution in [2.24, 2.45) is 0 Å². The Hall–Kier alpha value is -2.80. The molecule has 0 aromatic heterocycles. The van der Waals surface area contributed by atoms with Crippen LogP contribution in [0.15, 0.2) is 48.5 Å². The maximum Gasteiger partial charge on any atom is 0.322 e. The summed E-state index contributed by atoms with van der Waals surface area (Å²) < 4.78 is 0. The summed E-state index contributed by atoms with van der Waals surface area (Å²) >= 11 is 1.83. The van der Waals surface area contributed by atoms with Gasteiger partial charge in [-0.3, -0.25) is 14.4 Å². The van der Waals surface area contributed by atoms with Gasteiger partial charge in [-0.15, -0.1) is 0 Å². The second-order valence-electron chi connectivity index (χ2n) is 5.83. The van der Waals surface area contributed by atoms with Gasteiger partial charge >= 0.3 is 5.97 Å². The van der Waals surface area contributed by atoms with E-state index >= 15 is 0 Å². The minimum absolute atomic E-state index is 0.0821. The van der Waals surface area contributed by atoms with Crippen molar-refractivity contribution in [3.8, 4) is 0 Å². The number of aliphatic carboxylic acids is 1. The number of nitrogens with one attached hydrogen (secondary N) is 2. The minimum atomic E-state index is -1.08. The van der Waals surface area contributed by atoms with Gasteiger partial charge in [0, 0.05) is 17.0 Å². The van der Waals surface area contributed by atoms with Crippen molar-refractivity contribution in [1.82, 2.24) is 5.32 Å². The van der Waals surface area contributed by atoms with Gasteiger partial charge < -0.3 is 15.7 Å². The molecule has 0 fully saturated rings. The van der Waals surface area contributed by atoms with Gasteiger partial charge in [0.2, 0.25) is 5.91 Å². The van der Waals surface area contributed by atoms with E-state index in [9.17, 15) is 14.4 Å². The average Bonchev–Trinajstić information content (AvgIpc) is 2.66. The van der Waals surface area contributed by atoms with Crippen LogP contribution in [0.5, 0.6) is 0 Å². The summed E-state index contributed by atoms with van der Waals surface area (Å²) in [4.78, 5) is 34.4. The highest BCUT2D eigenvalue weighted by Crippen LogP contribution is 2.15. The minimum Gasteiger partial charge on any atom is -0.480 e. The van der Waals surface area contributed by atoms with E-state index < -0.39 is 12.5 Å². The number of hydrogen-bond donors (Lipinski definition) is 3. The maximum atomic E-state index is 12.3. The summed E-state index contributed by atoms with van der Waals surface area (Å²) in [5, 5.41) is 13.7. The molecule has 2 rings (SSSR count). The predicted molar refractivity (Wildman–Crippen MR) is 107 cm³/mol. The first-order chi connectivity index (χ1) is 13.0. The Bertz CT molecular complexity index is 789. The van der Waals surface area contributed by atoms with Crippen LogP contribution in [0.2, 0.25) is 0 Å². The Morgan fingerprint density at radius 1 is 0.963 bits per heavy atom. The second kappa shape index (κ2) is 10.4. The maximum absolute atomic E-state index is 12.3.